The second-order valence-corrected chi connectivity index (χ2v) is 5.25. The Morgan fingerprint density at radius 3 is 2.30 bits per heavy atom. The molecule has 1 heterocycles. The summed E-state index contributed by atoms with van der Waals surface area (Å²) in [7, 11) is -3.85. The number of rotatable bonds is 4. The van der Waals surface area contributed by atoms with Gasteiger partial charge in [0, 0.05) is 5.69 Å². The van der Waals surface area contributed by atoms with E-state index in [0.717, 1.165) is 24.3 Å². The van der Waals surface area contributed by atoms with Crippen molar-refractivity contribution in [3.05, 3.63) is 36.5 Å². The molecule has 0 saturated carbocycles. The smallest absolute Gasteiger partial charge is 0.406 e. The maximum atomic E-state index is 12.0. The van der Waals surface area contributed by atoms with E-state index in [2.05, 4.69) is 19.7 Å². The second kappa shape index (κ2) is 5.04. The zero-order chi connectivity index (χ0) is 14.8. The molecule has 0 fully saturated rings. The van der Waals surface area contributed by atoms with Crippen molar-refractivity contribution in [1.82, 2.24) is 10.2 Å². The third-order valence-corrected chi connectivity index (χ3v) is 3.42. The first-order chi connectivity index (χ1) is 9.26. The molecule has 0 radical (unpaired) electrons. The Kier molecular flexibility index (Phi) is 3.57. The number of hydrogen-bond acceptors (Lipinski definition) is 4. The van der Waals surface area contributed by atoms with Crippen LogP contribution >= 0.6 is 0 Å². The highest BCUT2D eigenvalue weighted by atomic mass is 32.2. The highest BCUT2D eigenvalue weighted by molar-refractivity contribution is 7.92. The molecule has 0 unspecified atom stereocenters. The van der Waals surface area contributed by atoms with E-state index in [4.69, 9.17) is 0 Å². The van der Waals surface area contributed by atoms with Gasteiger partial charge in [-0.05, 0) is 30.3 Å². The van der Waals surface area contributed by atoms with Gasteiger partial charge in [-0.1, -0.05) is 0 Å². The molecule has 2 N–H and O–H groups in total. The average Bonchev–Trinajstić information content (AvgIpc) is 2.84. The Labute approximate surface area is 111 Å². The number of anilines is 1. The summed E-state index contributed by atoms with van der Waals surface area (Å²) in [4.78, 5) is 0. The van der Waals surface area contributed by atoms with E-state index in [9.17, 15) is 21.6 Å². The number of H-pyrrole nitrogens is 1. The number of alkyl halides is 3. The van der Waals surface area contributed by atoms with Crippen molar-refractivity contribution in [1.29, 1.82) is 0 Å². The van der Waals surface area contributed by atoms with E-state index in [1.54, 1.807) is 0 Å². The SMILES string of the molecule is O=S(=O)(Nc1ccc(OC(F)(F)F)cc1)c1ccn[nH]1. The monoisotopic (exact) mass is 307 g/mol. The fourth-order valence-electron chi connectivity index (χ4n) is 1.33. The van der Waals surface area contributed by atoms with Gasteiger partial charge in [-0.3, -0.25) is 9.82 Å². The minimum absolute atomic E-state index is 0.0918. The number of hydrogen-bond donors (Lipinski definition) is 2. The van der Waals surface area contributed by atoms with Crippen LogP contribution in [0.5, 0.6) is 5.75 Å². The molecule has 1 aromatic carbocycles. The van der Waals surface area contributed by atoms with Crippen molar-refractivity contribution in [2.24, 2.45) is 0 Å². The number of ether oxygens (including phenoxy) is 1. The van der Waals surface area contributed by atoms with Gasteiger partial charge in [0.05, 0.1) is 6.20 Å². The molecule has 0 bridgehead atoms. The summed E-state index contributed by atoms with van der Waals surface area (Å²) in [6.07, 6.45) is -3.54. The lowest BCUT2D eigenvalue weighted by Crippen LogP contribution is -2.17. The number of sulfonamides is 1. The van der Waals surface area contributed by atoms with Crippen LogP contribution in [-0.2, 0) is 10.0 Å². The lowest BCUT2D eigenvalue weighted by Gasteiger charge is -2.10. The molecule has 10 heteroatoms. The summed E-state index contributed by atoms with van der Waals surface area (Å²) < 4.78 is 65.3. The van der Waals surface area contributed by atoms with Gasteiger partial charge in [0.15, 0.2) is 5.03 Å². The molecular weight excluding hydrogens is 299 g/mol. The number of nitrogens with one attached hydrogen (secondary N) is 2. The topological polar surface area (TPSA) is 84.1 Å². The molecule has 1 aromatic heterocycles. The van der Waals surface area contributed by atoms with Crippen molar-refractivity contribution in [3.8, 4) is 5.75 Å². The Morgan fingerprint density at radius 2 is 1.80 bits per heavy atom. The molecule has 0 spiro atoms. The third-order valence-electron chi connectivity index (χ3n) is 2.10. The van der Waals surface area contributed by atoms with Crippen LogP contribution in [0.25, 0.3) is 0 Å². The maximum absolute atomic E-state index is 12.0. The van der Waals surface area contributed by atoms with E-state index in [1.165, 1.54) is 12.3 Å². The van der Waals surface area contributed by atoms with E-state index >= 15 is 0 Å². The molecule has 0 saturated heterocycles. The Balaban J connectivity index is 2.12. The van der Waals surface area contributed by atoms with Crippen molar-refractivity contribution in [2.75, 3.05) is 4.72 Å². The summed E-state index contributed by atoms with van der Waals surface area (Å²) in [5.74, 6) is -0.443. The fourth-order valence-corrected chi connectivity index (χ4v) is 2.30. The Hall–Kier alpha value is -2.23. The second-order valence-electron chi connectivity index (χ2n) is 3.60. The highest BCUT2D eigenvalue weighted by Crippen LogP contribution is 2.24. The maximum Gasteiger partial charge on any atom is 0.573 e. The molecule has 20 heavy (non-hydrogen) atoms. The number of aromatic amines is 1. The summed E-state index contributed by atoms with van der Waals surface area (Å²) in [5.41, 5.74) is 0.0918. The molecule has 6 nitrogen and oxygen atoms in total. The van der Waals surface area contributed by atoms with Gasteiger partial charge in [-0.25, -0.2) is 0 Å². The van der Waals surface area contributed by atoms with E-state index in [1.807, 2.05) is 0 Å². The average molecular weight is 307 g/mol. The molecule has 2 aromatic rings. The zero-order valence-corrected chi connectivity index (χ0v) is 10.5. The minimum atomic E-state index is -4.79. The van der Waals surface area contributed by atoms with Gasteiger partial charge in [0.25, 0.3) is 10.0 Å². The van der Waals surface area contributed by atoms with E-state index < -0.39 is 22.1 Å². The highest BCUT2D eigenvalue weighted by Gasteiger charge is 2.31. The van der Waals surface area contributed by atoms with Crippen molar-refractivity contribution in [3.63, 3.8) is 0 Å². The largest absolute Gasteiger partial charge is 0.573 e. The predicted octanol–water partition coefficient (Wildman–Crippen LogP) is 2.11. The molecule has 0 amide bonds. The summed E-state index contributed by atoms with van der Waals surface area (Å²) in [6.45, 7) is 0. The summed E-state index contributed by atoms with van der Waals surface area (Å²) >= 11 is 0. The van der Waals surface area contributed by atoms with E-state index in [0.29, 0.717) is 0 Å². The molecule has 2 rings (SSSR count). The number of aromatic nitrogens is 2. The van der Waals surface area contributed by atoms with Crippen LogP contribution in [0.15, 0.2) is 41.6 Å². The Bertz CT molecular complexity index is 666. The van der Waals surface area contributed by atoms with Crippen molar-refractivity contribution >= 4 is 15.7 Å². The van der Waals surface area contributed by atoms with Gasteiger partial charge in [-0.15, -0.1) is 13.2 Å². The Morgan fingerprint density at radius 1 is 1.15 bits per heavy atom. The first-order valence-electron chi connectivity index (χ1n) is 5.14. The molecule has 0 atom stereocenters. The standard InChI is InChI=1S/C10H8F3N3O3S/c11-10(12,13)19-8-3-1-7(2-4-8)16-20(17,18)9-5-6-14-15-9/h1-6,16H,(H,14,15). The van der Waals surface area contributed by atoms with Gasteiger partial charge in [-0.2, -0.15) is 13.5 Å². The van der Waals surface area contributed by atoms with Crippen LogP contribution < -0.4 is 9.46 Å². The van der Waals surface area contributed by atoms with Crippen molar-refractivity contribution in [2.45, 2.75) is 11.4 Å². The lowest BCUT2D eigenvalue weighted by atomic mass is 10.3. The van der Waals surface area contributed by atoms with Crippen LogP contribution in [-0.4, -0.2) is 25.0 Å². The van der Waals surface area contributed by atoms with Crippen molar-refractivity contribution < 1.29 is 26.3 Å². The normalized spacial score (nSPS) is 12.2. The lowest BCUT2D eigenvalue weighted by molar-refractivity contribution is -0.274. The van der Waals surface area contributed by atoms with Crippen LogP contribution in [0.2, 0.25) is 0 Å². The third kappa shape index (κ3) is 3.63. The van der Waals surface area contributed by atoms with Crippen LogP contribution in [0, 0.1) is 0 Å². The molecule has 0 aliphatic carbocycles. The van der Waals surface area contributed by atoms with E-state index in [-0.39, 0.29) is 10.7 Å². The molecule has 108 valence electrons. The quantitative estimate of drug-likeness (QED) is 0.906. The molecule has 0 aliphatic heterocycles. The molecule has 0 aliphatic rings. The first-order valence-corrected chi connectivity index (χ1v) is 6.63. The van der Waals surface area contributed by atoms with Gasteiger partial charge >= 0.3 is 6.36 Å². The van der Waals surface area contributed by atoms with Crippen LogP contribution in [0.3, 0.4) is 0 Å². The minimum Gasteiger partial charge on any atom is -0.406 e. The van der Waals surface area contributed by atoms with Gasteiger partial charge in [0.1, 0.15) is 5.75 Å². The van der Waals surface area contributed by atoms with Gasteiger partial charge < -0.3 is 4.74 Å². The number of halogens is 3. The molecular formula is C10H8F3N3O3S. The zero-order valence-electron chi connectivity index (χ0n) is 9.68. The summed E-state index contributed by atoms with van der Waals surface area (Å²) in [5, 5.41) is 5.60. The first kappa shape index (κ1) is 14.2. The van der Waals surface area contributed by atoms with Crippen LogP contribution in [0.1, 0.15) is 0 Å². The predicted molar refractivity (Wildman–Crippen MR) is 62.5 cm³/mol. The number of benzene rings is 1. The summed E-state index contributed by atoms with van der Waals surface area (Å²) in [6, 6.07) is 5.53. The fraction of sp³-hybridized carbons (Fsp3) is 0.100. The van der Waals surface area contributed by atoms with Gasteiger partial charge in [0.2, 0.25) is 0 Å². The number of nitrogens with zero attached hydrogens (tertiary/aromatic N) is 1. The van der Waals surface area contributed by atoms with Crippen LogP contribution in [0.4, 0.5) is 18.9 Å².